The molecule has 1 aliphatic heterocycles. The van der Waals surface area contributed by atoms with Crippen LogP contribution in [0, 0.1) is 5.92 Å². The first-order chi connectivity index (χ1) is 9.37. The number of carbonyl (C=O) groups excluding carboxylic acids is 1. The van der Waals surface area contributed by atoms with Gasteiger partial charge in [0.25, 0.3) is 0 Å². The Hall–Kier alpha value is -1.58. The zero-order chi connectivity index (χ0) is 15.2. The monoisotopic (exact) mass is 278 g/mol. The van der Waals surface area contributed by atoms with Crippen molar-refractivity contribution in [2.45, 2.75) is 46.1 Å². The van der Waals surface area contributed by atoms with Crippen LogP contribution in [0.1, 0.15) is 40.5 Å². The van der Waals surface area contributed by atoms with Crippen LogP contribution in [0.15, 0.2) is 29.9 Å². The SMILES string of the molecule is C=CC(=NC=CC)C1CCN(C(=O)OC(C)(C)C)CC1. The lowest BCUT2D eigenvalue weighted by Crippen LogP contribution is -2.42. The van der Waals surface area contributed by atoms with E-state index >= 15 is 0 Å². The summed E-state index contributed by atoms with van der Waals surface area (Å²) in [5, 5.41) is 0. The first kappa shape index (κ1) is 16.5. The summed E-state index contributed by atoms with van der Waals surface area (Å²) in [6, 6.07) is 0. The predicted molar refractivity (Wildman–Crippen MR) is 83.0 cm³/mol. The van der Waals surface area contributed by atoms with E-state index < -0.39 is 5.60 Å². The summed E-state index contributed by atoms with van der Waals surface area (Å²) in [7, 11) is 0. The zero-order valence-corrected chi connectivity index (χ0v) is 13.1. The number of aliphatic imine (C=N–C) groups is 1. The van der Waals surface area contributed by atoms with Crippen LogP contribution in [-0.2, 0) is 4.74 Å². The molecule has 1 rings (SSSR count). The molecule has 112 valence electrons. The number of ether oxygens (including phenoxy) is 1. The molecule has 0 aromatic heterocycles. The number of allylic oxidation sites excluding steroid dienone is 2. The van der Waals surface area contributed by atoms with Gasteiger partial charge in [-0.25, -0.2) is 4.79 Å². The molecular formula is C16H26N2O2. The number of nitrogens with zero attached hydrogens (tertiary/aromatic N) is 2. The van der Waals surface area contributed by atoms with Crippen molar-refractivity contribution < 1.29 is 9.53 Å². The molecule has 0 radical (unpaired) electrons. The lowest BCUT2D eigenvalue weighted by Gasteiger charge is -2.33. The average Bonchev–Trinajstić information content (AvgIpc) is 2.38. The predicted octanol–water partition coefficient (Wildman–Crippen LogP) is 3.79. The smallest absolute Gasteiger partial charge is 0.410 e. The van der Waals surface area contributed by atoms with Crippen molar-refractivity contribution in [1.82, 2.24) is 4.90 Å². The van der Waals surface area contributed by atoms with Gasteiger partial charge in [0.2, 0.25) is 0 Å². The third kappa shape index (κ3) is 5.19. The second-order valence-corrected chi connectivity index (χ2v) is 5.98. The molecule has 1 heterocycles. The second kappa shape index (κ2) is 7.27. The standard InChI is InChI=1S/C16H26N2O2/c1-6-10-17-14(7-2)13-8-11-18(12-9-13)15(19)20-16(3,4)5/h6-7,10,13H,2,8-9,11-12H2,1,3-5H3. The van der Waals surface area contributed by atoms with E-state index in [0.717, 1.165) is 18.6 Å². The largest absolute Gasteiger partial charge is 0.444 e. The van der Waals surface area contributed by atoms with E-state index in [2.05, 4.69) is 11.6 Å². The highest BCUT2D eigenvalue weighted by Gasteiger charge is 2.28. The maximum Gasteiger partial charge on any atom is 0.410 e. The van der Waals surface area contributed by atoms with E-state index in [1.807, 2.05) is 39.8 Å². The number of likely N-dealkylation sites (tertiary alicyclic amines) is 1. The number of rotatable bonds is 3. The lowest BCUT2D eigenvalue weighted by atomic mass is 9.92. The molecule has 1 amide bonds. The van der Waals surface area contributed by atoms with Gasteiger partial charge in [-0.1, -0.05) is 12.7 Å². The highest BCUT2D eigenvalue weighted by Crippen LogP contribution is 2.21. The quantitative estimate of drug-likeness (QED) is 0.737. The van der Waals surface area contributed by atoms with Crippen LogP contribution in [0.25, 0.3) is 0 Å². The van der Waals surface area contributed by atoms with Crippen LogP contribution in [0.4, 0.5) is 4.79 Å². The molecule has 0 N–H and O–H groups in total. The van der Waals surface area contributed by atoms with E-state index in [-0.39, 0.29) is 6.09 Å². The molecule has 0 aromatic rings. The van der Waals surface area contributed by atoms with Crippen molar-refractivity contribution in [3.05, 3.63) is 24.9 Å². The number of amides is 1. The van der Waals surface area contributed by atoms with Gasteiger partial charge < -0.3 is 9.64 Å². The fourth-order valence-corrected chi connectivity index (χ4v) is 2.17. The molecule has 0 aromatic carbocycles. The molecule has 0 bridgehead atoms. The zero-order valence-electron chi connectivity index (χ0n) is 13.1. The summed E-state index contributed by atoms with van der Waals surface area (Å²) in [6.45, 7) is 12.8. The Morgan fingerprint density at radius 3 is 2.40 bits per heavy atom. The molecule has 4 nitrogen and oxygen atoms in total. The van der Waals surface area contributed by atoms with Crippen molar-refractivity contribution >= 4 is 11.8 Å². The summed E-state index contributed by atoms with van der Waals surface area (Å²) in [6.07, 6.45) is 7.09. The molecule has 1 fully saturated rings. The maximum atomic E-state index is 12.0. The number of piperidine rings is 1. The maximum absolute atomic E-state index is 12.0. The number of hydrogen-bond donors (Lipinski definition) is 0. The van der Waals surface area contributed by atoms with Gasteiger partial charge >= 0.3 is 6.09 Å². The van der Waals surface area contributed by atoms with E-state index in [4.69, 9.17) is 4.74 Å². The van der Waals surface area contributed by atoms with Crippen LogP contribution in [0.5, 0.6) is 0 Å². The molecule has 0 unspecified atom stereocenters. The van der Waals surface area contributed by atoms with Crippen LogP contribution in [-0.4, -0.2) is 35.4 Å². The van der Waals surface area contributed by atoms with E-state index in [1.54, 1.807) is 11.1 Å². The molecule has 1 aliphatic rings. The van der Waals surface area contributed by atoms with Gasteiger partial charge in [0.05, 0.1) is 0 Å². The van der Waals surface area contributed by atoms with Crippen molar-refractivity contribution in [1.29, 1.82) is 0 Å². The molecule has 0 aliphatic carbocycles. The van der Waals surface area contributed by atoms with Crippen molar-refractivity contribution in [2.24, 2.45) is 10.9 Å². The Morgan fingerprint density at radius 2 is 1.95 bits per heavy atom. The first-order valence-electron chi connectivity index (χ1n) is 7.16. The second-order valence-electron chi connectivity index (χ2n) is 5.98. The molecule has 0 spiro atoms. The third-order valence-corrected chi connectivity index (χ3v) is 3.15. The Bertz CT molecular complexity index is 397. The van der Waals surface area contributed by atoms with Gasteiger partial charge in [0, 0.05) is 30.9 Å². The fourth-order valence-electron chi connectivity index (χ4n) is 2.17. The molecule has 0 atom stereocenters. The van der Waals surface area contributed by atoms with E-state index in [0.29, 0.717) is 19.0 Å². The summed E-state index contributed by atoms with van der Waals surface area (Å²) in [5.41, 5.74) is 0.570. The van der Waals surface area contributed by atoms with Gasteiger partial charge in [-0.2, -0.15) is 0 Å². The highest BCUT2D eigenvalue weighted by molar-refractivity contribution is 5.97. The van der Waals surface area contributed by atoms with Crippen LogP contribution >= 0.6 is 0 Å². The van der Waals surface area contributed by atoms with E-state index in [9.17, 15) is 4.79 Å². The summed E-state index contributed by atoms with van der Waals surface area (Å²) >= 11 is 0. The molecule has 0 saturated carbocycles. The fraction of sp³-hybridized carbons (Fsp3) is 0.625. The summed E-state index contributed by atoms with van der Waals surface area (Å²) in [4.78, 5) is 18.1. The van der Waals surface area contributed by atoms with Crippen molar-refractivity contribution in [3.63, 3.8) is 0 Å². The van der Waals surface area contributed by atoms with Crippen molar-refractivity contribution in [3.8, 4) is 0 Å². The van der Waals surface area contributed by atoms with Gasteiger partial charge in [-0.05, 0) is 46.6 Å². The minimum atomic E-state index is -0.437. The molecule has 1 saturated heterocycles. The van der Waals surface area contributed by atoms with Gasteiger partial charge in [0.15, 0.2) is 0 Å². The minimum absolute atomic E-state index is 0.221. The topological polar surface area (TPSA) is 41.9 Å². The number of hydrogen-bond acceptors (Lipinski definition) is 3. The van der Waals surface area contributed by atoms with E-state index in [1.165, 1.54) is 0 Å². The molecule has 20 heavy (non-hydrogen) atoms. The Balaban J connectivity index is 2.55. The van der Waals surface area contributed by atoms with Crippen LogP contribution in [0.2, 0.25) is 0 Å². The van der Waals surface area contributed by atoms with Gasteiger partial charge in [0.1, 0.15) is 5.60 Å². The third-order valence-electron chi connectivity index (χ3n) is 3.15. The minimum Gasteiger partial charge on any atom is -0.444 e. The summed E-state index contributed by atoms with van der Waals surface area (Å²) < 4.78 is 5.39. The Labute approximate surface area is 122 Å². The highest BCUT2D eigenvalue weighted by atomic mass is 16.6. The lowest BCUT2D eigenvalue weighted by molar-refractivity contribution is 0.0202. The normalized spacial score (nSPS) is 18.4. The first-order valence-corrected chi connectivity index (χ1v) is 7.16. The van der Waals surface area contributed by atoms with Gasteiger partial charge in [-0.15, -0.1) is 0 Å². The molecular weight excluding hydrogens is 252 g/mol. The van der Waals surface area contributed by atoms with Gasteiger partial charge in [-0.3, -0.25) is 4.99 Å². The average molecular weight is 278 g/mol. The number of carbonyl (C=O) groups is 1. The Morgan fingerprint density at radius 1 is 1.35 bits per heavy atom. The van der Waals surface area contributed by atoms with Crippen molar-refractivity contribution in [2.75, 3.05) is 13.1 Å². The molecule has 4 heteroatoms. The van der Waals surface area contributed by atoms with Crippen LogP contribution in [0.3, 0.4) is 0 Å². The summed E-state index contributed by atoms with van der Waals surface area (Å²) in [5.74, 6) is 0.377. The Kier molecular flexibility index (Phi) is 5.99. The van der Waals surface area contributed by atoms with Crippen LogP contribution < -0.4 is 0 Å².